The number of pyridine rings is 1. The molecule has 0 radical (unpaired) electrons. The third-order valence-corrected chi connectivity index (χ3v) is 5.66. The number of anilines is 2. The van der Waals surface area contributed by atoms with Crippen LogP contribution in [-0.2, 0) is 23.7 Å². The largest absolute Gasteiger partial charge is 0.457 e. The Hall–Kier alpha value is -3.67. The summed E-state index contributed by atoms with van der Waals surface area (Å²) in [5.74, 6) is 2.25. The minimum Gasteiger partial charge on any atom is -0.457 e. The molecule has 0 saturated carbocycles. The lowest BCUT2D eigenvalue weighted by Gasteiger charge is -2.19. The van der Waals surface area contributed by atoms with Crippen molar-refractivity contribution in [2.24, 2.45) is 7.05 Å². The highest BCUT2D eigenvalue weighted by atomic mass is 16.5. The van der Waals surface area contributed by atoms with Crippen molar-refractivity contribution < 1.29 is 9.53 Å². The van der Waals surface area contributed by atoms with Gasteiger partial charge in [-0.1, -0.05) is 39.8 Å². The summed E-state index contributed by atoms with van der Waals surface area (Å²) in [5, 5.41) is 3.41. The molecule has 0 aliphatic heterocycles. The number of aromatic nitrogens is 3. The minimum absolute atomic E-state index is 0.119. The molecule has 0 bridgehead atoms. The second kappa shape index (κ2) is 9.06. The number of aryl methyl sites for hydroxylation is 1. The molecule has 2 aromatic heterocycles. The second-order valence-electron chi connectivity index (χ2n) is 9.25. The fourth-order valence-corrected chi connectivity index (χ4v) is 3.62. The summed E-state index contributed by atoms with van der Waals surface area (Å²) in [7, 11) is 1.99. The number of fused-ring (bicyclic) bond motifs is 1. The van der Waals surface area contributed by atoms with Gasteiger partial charge in [-0.2, -0.15) is 0 Å². The van der Waals surface area contributed by atoms with Crippen LogP contribution in [0, 0.1) is 0 Å². The van der Waals surface area contributed by atoms with E-state index in [2.05, 4.69) is 55.3 Å². The Balaban J connectivity index is 1.53. The van der Waals surface area contributed by atoms with Gasteiger partial charge in [-0.3, -0.25) is 9.78 Å². The van der Waals surface area contributed by atoms with Gasteiger partial charge in [0.2, 0.25) is 5.95 Å². The van der Waals surface area contributed by atoms with Crippen LogP contribution in [0.2, 0.25) is 0 Å². The molecule has 0 unspecified atom stereocenters. The molecular formula is C27H30N4O2. The van der Waals surface area contributed by atoms with Gasteiger partial charge < -0.3 is 14.6 Å². The Morgan fingerprint density at radius 2 is 1.76 bits per heavy atom. The summed E-state index contributed by atoms with van der Waals surface area (Å²) in [4.78, 5) is 20.8. The molecular weight excluding hydrogens is 412 g/mol. The first-order chi connectivity index (χ1) is 15.7. The van der Waals surface area contributed by atoms with Crippen molar-refractivity contribution in [3.63, 3.8) is 0 Å². The lowest BCUT2D eigenvalue weighted by molar-refractivity contribution is -0.118. The molecule has 2 aromatic carbocycles. The van der Waals surface area contributed by atoms with Crippen molar-refractivity contribution in [3.05, 3.63) is 72.1 Å². The number of Topliss-reactive ketones (excluding diaryl/α,β-unsaturated/α-hetero) is 1. The van der Waals surface area contributed by atoms with Gasteiger partial charge >= 0.3 is 0 Å². The lowest BCUT2D eigenvalue weighted by atomic mass is 9.87. The van der Waals surface area contributed by atoms with Crippen molar-refractivity contribution >= 4 is 28.5 Å². The molecule has 33 heavy (non-hydrogen) atoms. The van der Waals surface area contributed by atoms with E-state index in [1.165, 1.54) is 5.56 Å². The molecule has 6 heteroatoms. The van der Waals surface area contributed by atoms with Gasteiger partial charge in [0.15, 0.2) is 0 Å². The van der Waals surface area contributed by atoms with Crippen LogP contribution in [0.3, 0.4) is 0 Å². The third kappa shape index (κ3) is 5.22. The summed E-state index contributed by atoms with van der Waals surface area (Å²) < 4.78 is 8.06. The number of imidazole rings is 1. The van der Waals surface area contributed by atoms with Crippen LogP contribution in [0.15, 0.2) is 60.8 Å². The highest BCUT2D eigenvalue weighted by Gasteiger charge is 2.14. The highest BCUT2D eigenvalue weighted by molar-refractivity contribution is 5.81. The summed E-state index contributed by atoms with van der Waals surface area (Å²) in [5.41, 5.74) is 4.94. The van der Waals surface area contributed by atoms with E-state index in [4.69, 9.17) is 9.72 Å². The number of nitrogens with zero attached hydrogens (tertiary/aromatic N) is 3. The number of carbonyl (C=O) groups is 1. The smallest absolute Gasteiger partial charge is 0.208 e. The van der Waals surface area contributed by atoms with Crippen LogP contribution >= 0.6 is 0 Å². The first kappa shape index (κ1) is 22.5. The third-order valence-electron chi connectivity index (χ3n) is 5.66. The van der Waals surface area contributed by atoms with E-state index in [1.54, 1.807) is 12.3 Å². The van der Waals surface area contributed by atoms with Gasteiger partial charge in [-0.15, -0.1) is 0 Å². The first-order valence-corrected chi connectivity index (χ1v) is 11.2. The molecule has 170 valence electrons. The Bertz CT molecular complexity index is 1280. The van der Waals surface area contributed by atoms with Crippen LogP contribution in [0.1, 0.15) is 45.4 Å². The van der Waals surface area contributed by atoms with E-state index in [0.29, 0.717) is 30.0 Å². The van der Waals surface area contributed by atoms with E-state index >= 15 is 0 Å². The molecule has 4 rings (SSSR count). The minimum atomic E-state index is 0.119. The molecule has 0 amide bonds. The Morgan fingerprint density at radius 1 is 1.03 bits per heavy atom. The number of hydrogen-bond donors (Lipinski definition) is 1. The number of ketones is 1. The average Bonchev–Trinajstić information content (AvgIpc) is 3.08. The van der Waals surface area contributed by atoms with Gasteiger partial charge in [0, 0.05) is 43.9 Å². The van der Waals surface area contributed by atoms with Crippen LogP contribution in [0.25, 0.3) is 11.0 Å². The average molecular weight is 443 g/mol. The predicted molar refractivity (Wildman–Crippen MR) is 132 cm³/mol. The zero-order chi connectivity index (χ0) is 23.6. The van der Waals surface area contributed by atoms with Crippen molar-refractivity contribution in [1.29, 1.82) is 0 Å². The molecule has 0 atom stereocenters. The zero-order valence-corrected chi connectivity index (χ0v) is 19.8. The normalized spacial score (nSPS) is 11.5. The summed E-state index contributed by atoms with van der Waals surface area (Å²) in [6.07, 6.45) is 2.48. The lowest BCUT2D eigenvalue weighted by Crippen LogP contribution is -2.10. The molecule has 0 fully saturated rings. The van der Waals surface area contributed by atoms with Crippen LogP contribution < -0.4 is 10.1 Å². The number of nitrogens with one attached hydrogen (secondary N) is 1. The molecule has 4 aromatic rings. The summed E-state index contributed by atoms with van der Waals surface area (Å²) in [6, 6.07) is 17.9. The number of carbonyl (C=O) groups excluding carboxylic acids is 1. The number of rotatable bonds is 7. The van der Waals surface area contributed by atoms with E-state index in [9.17, 15) is 4.79 Å². The quantitative estimate of drug-likeness (QED) is 0.362. The van der Waals surface area contributed by atoms with E-state index in [-0.39, 0.29) is 11.2 Å². The van der Waals surface area contributed by atoms with Crippen molar-refractivity contribution in [2.45, 2.75) is 46.0 Å². The standard InChI is InChI=1S/C27H30N4O2/c1-6-21(32)15-20-16-23(13-14-28-20)33-22-11-12-25-24(17-22)30-26(31(25)5)29-19-9-7-18(8-10-19)27(2,3)4/h7-14,16-17H,6,15H2,1-5H3,(H,29,30). The highest BCUT2D eigenvalue weighted by Crippen LogP contribution is 2.29. The maximum absolute atomic E-state index is 11.7. The molecule has 0 spiro atoms. The van der Waals surface area contributed by atoms with Crippen molar-refractivity contribution in [1.82, 2.24) is 14.5 Å². The molecule has 1 N–H and O–H groups in total. The van der Waals surface area contributed by atoms with Gasteiger partial charge in [0.05, 0.1) is 16.7 Å². The molecule has 0 aliphatic carbocycles. The Labute approximate surface area is 194 Å². The van der Waals surface area contributed by atoms with Gasteiger partial charge in [0.25, 0.3) is 0 Å². The van der Waals surface area contributed by atoms with Gasteiger partial charge in [0.1, 0.15) is 17.3 Å². The molecule has 0 aliphatic rings. The SMILES string of the molecule is CCC(=O)Cc1cc(Oc2ccc3c(c2)nc(Nc2ccc(C(C)(C)C)cc2)n3C)ccn1. The van der Waals surface area contributed by atoms with Crippen molar-refractivity contribution in [2.75, 3.05) is 5.32 Å². The Kier molecular flexibility index (Phi) is 6.18. The topological polar surface area (TPSA) is 69.0 Å². The summed E-state index contributed by atoms with van der Waals surface area (Å²) >= 11 is 0. The maximum atomic E-state index is 11.7. The molecule has 6 nitrogen and oxygen atoms in total. The van der Waals surface area contributed by atoms with Crippen molar-refractivity contribution in [3.8, 4) is 11.5 Å². The van der Waals surface area contributed by atoms with Gasteiger partial charge in [-0.05, 0) is 41.3 Å². The zero-order valence-electron chi connectivity index (χ0n) is 19.8. The van der Waals surface area contributed by atoms with Crippen LogP contribution in [0.5, 0.6) is 11.5 Å². The second-order valence-corrected chi connectivity index (χ2v) is 9.25. The van der Waals surface area contributed by atoms with E-state index < -0.39 is 0 Å². The fraction of sp³-hybridized carbons (Fsp3) is 0.296. The monoisotopic (exact) mass is 442 g/mol. The van der Waals surface area contributed by atoms with Crippen LogP contribution in [-0.4, -0.2) is 20.3 Å². The number of benzene rings is 2. The van der Waals surface area contributed by atoms with Gasteiger partial charge in [-0.25, -0.2) is 4.98 Å². The van der Waals surface area contributed by atoms with E-state index in [1.807, 2.05) is 42.8 Å². The fourth-order valence-electron chi connectivity index (χ4n) is 3.62. The van der Waals surface area contributed by atoms with Crippen LogP contribution in [0.4, 0.5) is 11.6 Å². The predicted octanol–water partition coefficient (Wildman–Crippen LogP) is 6.32. The Morgan fingerprint density at radius 3 is 2.45 bits per heavy atom. The molecule has 2 heterocycles. The number of ether oxygens (including phenoxy) is 1. The maximum Gasteiger partial charge on any atom is 0.208 e. The first-order valence-electron chi connectivity index (χ1n) is 11.2. The summed E-state index contributed by atoms with van der Waals surface area (Å²) in [6.45, 7) is 8.48. The number of hydrogen-bond acceptors (Lipinski definition) is 5. The van der Waals surface area contributed by atoms with E-state index in [0.717, 1.165) is 22.7 Å². The molecule has 0 saturated heterocycles.